The van der Waals surface area contributed by atoms with Crippen LogP contribution in [-0.2, 0) is 13.0 Å². The summed E-state index contributed by atoms with van der Waals surface area (Å²) in [4.78, 5) is 12.3. The summed E-state index contributed by atoms with van der Waals surface area (Å²) in [6.07, 6.45) is 2.50. The minimum absolute atomic E-state index is 0.149. The number of hydrogen-bond acceptors (Lipinski definition) is 4. The number of rotatable bonds is 8. The van der Waals surface area contributed by atoms with Gasteiger partial charge in [0.2, 0.25) is 0 Å². The van der Waals surface area contributed by atoms with E-state index in [2.05, 4.69) is 10.4 Å². The Balaban J connectivity index is 1.25. The van der Waals surface area contributed by atoms with Gasteiger partial charge in [-0.05, 0) is 54.6 Å². The molecule has 4 rings (SSSR count). The van der Waals surface area contributed by atoms with Gasteiger partial charge in [0.05, 0.1) is 11.4 Å². The van der Waals surface area contributed by atoms with Crippen LogP contribution >= 0.6 is 0 Å². The Hall–Kier alpha value is -3.87. The highest BCUT2D eigenvalue weighted by Gasteiger charge is 2.11. The third-order valence-electron chi connectivity index (χ3n) is 4.41. The second kappa shape index (κ2) is 9.09. The Bertz CT molecular complexity index is 1100. The van der Waals surface area contributed by atoms with E-state index in [0.717, 1.165) is 11.4 Å². The van der Waals surface area contributed by atoms with Gasteiger partial charge in [-0.25, -0.2) is 9.07 Å². The number of benzene rings is 2. The van der Waals surface area contributed by atoms with Gasteiger partial charge in [-0.15, -0.1) is 0 Å². The molecule has 0 bridgehead atoms. The Morgan fingerprint density at radius 3 is 2.63 bits per heavy atom. The first-order chi connectivity index (χ1) is 14.7. The van der Waals surface area contributed by atoms with Gasteiger partial charge in [0.1, 0.15) is 23.9 Å². The largest absolute Gasteiger partial charge is 0.486 e. The molecule has 0 saturated heterocycles. The van der Waals surface area contributed by atoms with Crippen LogP contribution in [0.2, 0.25) is 0 Å². The van der Waals surface area contributed by atoms with Gasteiger partial charge in [-0.3, -0.25) is 4.79 Å². The quantitative estimate of drug-likeness (QED) is 0.478. The summed E-state index contributed by atoms with van der Waals surface area (Å²) < 4.78 is 25.8. The highest BCUT2D eigenvalue weighted by molar-refractivity contribution is 5.91. The van der Waals surface area contributed by atoms with E-state index >= 15 is 0 Å². The SMILES string of the molecule is O=C(NCCc1ccn(-c2ccccc2)n1)c1ccc(COc2ccc(F)cc2)o1. The molecule has 0 saturated carbocycles. The van der Waals surface area contributed by atoms with Crippen molar-refractivity contribution >= 4 is 5.91 Å². The maximum Gasteiger partial charge on any atom is 0.287 e. The molecule has 0 spiro atoms. The van der Waals surface area contributed by atoms with E-state index < -0.39 is 0 Å². The van der Waals surface area contributed by atoms with Gasteiger partial charge < -0.3 is 14.5 Å². The zero-order chi connectivity index (χ0) is 20.8. The van der Waals surface area contributed by atoms with E-state index in [9.17, 15) is 9.18 Å². The summed E-state index contributed by atoms with van der Waals surface area (Å²) in [7, 11) is 0. The van der Waals surface area contributed by atoms with Gasteiger partial charge in [-0.1, -0.05) is 18.2 Å². The summed E-state index contributed by atoms with van der Waals surface area (Å²) >= 11 is 0. The summed E-state index contributed by atoms with van der Waals surface area (Å²) in [6.45, 7) is 0.586. The number of carbonyl (C=O) groups is 1. The highest BCUT2D eigenvalue weighted by atomic mass is 19.1. The number of ether oxygens (including phenoxy) is 1. The maximum atomic E-state index is 12.9. The first-order valence-electron chi connectivity index (χ1n) is 9.52. The predicted octanol–water partition coefficient (Wildman–Crippen LogP) is 4.16. The molecule has 0 aliphatic heterocycles. The first kappa shape index (κ1) is 19.4. The van der Waals surface area contributed by atoms with E-state index in [-0.39, 0.29) is 24.1 Å². The number of nitrogens with zero attached hydrogens (tertiary/aromatic N) is 2. The monoisotopic (exact) mass is 405 g/mol. The number of furan rings is 1. The standard InChI is InChI=1S/C23H20FN3O3/c24-17-6-8-20(9-7-17)29-16-21-10-11-22(30-21)23(28)25-14-12-18-13-15-27(26-18)19-4-2-1-3-5-19/h1-11,13,15H,12,14,16H2,(H,25,28). The number of amides is 1. The Kier molecular flexibility index (Phi) is 5.89. The van der Waals surface area contributed by atoms with Crippen LogP contribution in [0.5, 0.6) is 5.75 Å². The molecule has 0 unspecified atom stereocenters. The molecule has 0 aliphatic rings. The molecule has 2 aromatic heterocycles. The van der Waals surface area contributed by atoms with Gasteiger partial charge in [-0.2, -0.15) is 5.10 Å². The summed E-state index contributed by atoms with van der Waals surface area (Å²) in [5, 5.41) is 7.34. The van der Waals surface area contributed by atoms with E-state index in [1.165, 1.54) is 24.3 Å². The normalized spacial score (nSPS) is 10.7. The van der Waals surface area contributed by atoms with E-state index in [0.29, 0.717) is 24.5 Å². The van der Waals surface area contributed by atoms with Crippen molar-refractivity contribution in [2.75, 3.05) is 6.54 Å². The highest BCUT2D eigenvalue weighted by Crippen LogP contribution is 2.15. The lowest BCUT2D eigenvalue weighted by atomic mass is 10.3. The van der Waals surface area contributed by atoms with Crippen LogP contribution in [-0.4, -0.2) is 22.2 Å². The zero-order valence-corrected chi connectivity index (χ0v) is 16.1. The van der Waals surface area contributed by atoms with E-state index in [4.69, 9.17) is 9.15 Å². The predicted molar refractivity (Wildman–Crippen MR) is 109 cm³/mol. The number of hydrogen-bond donors (Lipinski definition) is 1. The van der Waals surface area contributed by atoms with Crippen LogP contribution < -0.4 is 10.1 Å². The average Bonchev–Trinajstić information content (AvgIpc) is 3.44. The lowest BCUT2D eigenvalue weighted by Crippen LogP contribution is -2.25. The molecule has 0 fully saturated rings. The molecule has 7 heteroatoms. The fourth-order valence-electron chi connectivity index (χ4n) is 2.87. The second-order valence-electron chi connectivity index (χ2n) is 6.60. The smallest absolute Gasteiger partial charge is 0.287 e. The Labute approximate surface area is 172 Å². The molecule has 0 radical (unpaired) electrons. The van der Waals surface area contributed by atoms with Gasteiger partial charge >= 0.3 is 0 Å². The number of nitrogens with one attached hydrogen (secondary N) is 1. The van der Waals surface area contributed by atoms with Gasteiger partial charge in [0.25, 0.3) is 5.91 Å². The molecule has 152 valence electrons. The van der Waals surface area contributed by atoms with Crippen LogP contribution in [0.3, 0.4) is 0 Å². The third-order valence-corrected chi connectivity index (χ3v) is 4.41. The van der Waals surface area contributed by atoms with Crippen molar-refractivity contribution in [3.63, 3.8) is 0 Å². The van der Waals surface area contributed by atoms with Crippen molar-refractivity contribution in [2.24, 2.45) is 0 Å². The summed E-state index contributed by atoms with van der Waals surface area (Å²) in [5.74, 6) is 0.610. The van der Waals surface area contributed by atoms with Crippen molar-refractivity contribution in [3.05, 3.63) is 102 Å². The van der Waals surface area contributed by atoms with Crippen LogP contribution in [0.1, 0.15) is 22.0 Å². The van der Waals surface area contributed by atoms with Crippen LogP contribution in [0.15, 0.2) is 83.4 Å². The lowest BCUT2D eigenvalue weighted by molar-refractivity contribution is 0.0922. The number of carbonyl (C=O) groups excluding carboxylic acids is 1. The number of para-hydroxylation sites is 1. The third kappa shape index (κ3) is 4.94. The number of halogens is 1. The molecule has 0 atom stereocenters. The molecule has 30 heavy (non-hydrogen) atoms. The maximum absolute atomic E-state index is 12.9. The zero-order valence-electron chi connectivity index (χ0n) is 16.1. The Morgan fingerprint density at radius 2 is 1.83 bits per heavy atom. The van der Waals surface area contributed by atoms with Crippen LogP contribution in [0, 0.1) is 5.82 Å². The van der Waals surface area contributed by atoms with Gasteiger partial charge in [0, 0.05) is 19.2 Å². The first-order valence-corrected chi connectivity index (χ1v) is 9.52. The molecule has 1 amide bonds. The molecule has 6 nitrogen and oxygen atoms in total. The van der Waals surface area contributed by atoms with Crippen molar-refractivity contribution in [3.8, 4) is 11.4 Å². The summed E-state index contributed by atoms with van der Waals surface area (Å²) in [6, 6.07) is 20.7. The van der Waals surface area contributed by atoms with Crippen LogP contribution in [0.25, 0.3) is 5.69 Å². The number of aromatic nitrogens is 2. The molecular formula is C23H20FN3O3. The molecule has 0 aliphatic carbocycles. The van der Waals surface area contributed by atoms with Crippen molar-refractivity contribution < 1.29 is 18.3 Å². The molecule has 4 aromatic rings. The van der Waals surface area contributed by atoms with E-state index in [1.54, 1.807) is 16.8 Å². The molecule has 1 N–H and O–H groups in total. The van der Waals surface area contributed by atoms with E-state index in [1.807, 2.05) is 42.6 Å². The lowest BCUT2D eigenvalue weighted by Gasteiger charge is -2.04. The fourth-order valence-corrected chi connectivity index (χ4v) is 2.87. The second-order valence-corrected chi connectivity index (χ2v) is 6.60. The average molecular weight is 405 g/mol. The molecular weight excluding hydrogens is 385 g/mol. The molecule has 2 aromatic carbocycles. The van der Waals surface area contributed by atoms with Crippen LogP contribution in [0.4, 0.5) is 4.39 Å². The van der Waals surface area contributed by atoms with Crippen molar-refractivity contribution in [1.29, 1.82) is 0 Å². The topological polar surface area (TPSA) is 69.3 Å². The minimum atomic E-state index is -0.328. The fraction of sp³-hybridized carbons (Fsp3) is 0.130. The molecule has 2 heterocycles. The summed E-state index contributed by atoms with van der Waals surface area (Å²) in [5.41, 5.74) is 1.87. The van der Waals surface area contributed by atoms with Crippen molar-refractivity contribution in [1.82, 2.24) is 15.1 Å². The van der Waals surface area contributed by atoms with Gasteiger partial charge in [0.15, 0.2) is 5.76 Å². The Morgan fingerprint density at radius 1 is 1.03 bits per heavy atom. The minimum Gasteiger partial charge on any atom is -0.486 e. The van der Waals surface area contributed by atoms with Crippen molar-refractivity contribution in [2.45, 2.75) is 13.0 Å².